The summed E-state index contributed by atoms with van der Waals surface area (Å²) in [5.74, 6) is -0.853. The summed E-state index contributed by atoms with van der Waals surface area (Å²) < 4.78 is 0. The second-order valence-electron chi connectivity index (χ2n) is 2.64. The predicted octanol–water partition coefficient (Wildman–Crippen LogP) is 1.01. The van der Waals surface area contributed by atoms with E-state index in [1.165, 1.54) is 0 Å². The summed E-state index contributed by atoms with van der Waals surface area (Å²) in [6.07, 6.45) is 2.06. The maximum atomic E-state index is 10.4. The van der Waals surface area contributed by atoms with Gasteiger partial charge in [0.2, 0.25) is 0 Å². The van der Waals surface area contributed by atoms with Gasteiger partial charge >= 0.3 is 5.97 Å². The fraction of sp³-hybridized carbons (Fsp3) is 0.714. The summed E-state index contributed by atoms with van der Waals surface area (Å²) >= 11 is 0. The van der Waals surface area contributed by atoms with Crippen molar-refractivity contribution >= 4 is 5.97 Å². The van der Waals surface area contributed by atoms with E-state index in [1.54, 1.807) is 0 Å². The standard InChI is InChI=1S/C7H9NO2/c8-4-3-5-1-2-6(5)7(9)10/h5-6H,1-3H2,(H,9,10)/t5-,6+/m1/s1. The van der Waals surface area contributed by atoms with Gasteiger partial charge in [0.1, 0.15) is 0 Å². The Kier molecular flexibility index (Phi) is 1.91. The lowest BCUT2D eigenvalue weighted by Crippen LogP contribution is -2.32. The highest BCUT2D eigenvalue weighted by Crippen LogP contribution is 2.36. The molecule has 1 aliphatic rings. The van der Waals surface area contributed by atoms with E-state index in [1.807, 2.05) is 6.07 Å². The number of nitriles is 1. The first-order valence-corrected chi connectivity index (χ1v) is 3.35. The molecule has 0 heterocycles. The van der Waals surface area contributed by atoms with Gasteiger partial charge in [-0.3, -0.25) is 4.79 Å². The van der Waals surface area contributed by atoms with Gasteiger partial charge in [0.15, 0.2) is 0 Å². The van der Waals surface area contributed by atoms with Crippen molar-refractivity contribution in [3.63, 3.8) is 0 Å². The molecule has 3 nitrogen and oxygen atoms in total. The predicted molar refractivity (Wildman–Crippen MR) is 34.1 cm³/mol. The number of carboxylic acids is 1. The minimum Gasteiger partial charge on any atom is -0.481 e. The summed E-state index contributed by atoms with van der Waals surface area (Å²) in [5.41, 5.74) is 0. The molecule has 0 aromatic carbocycles. The number of carbonyl (C=O) groups is 1. The highest BCUT2D eigenvalue weighted by molar-refractivity contribution is 5.71. The van der Waals surface area contributed by atoms with E-state index in [9.17, 15) is 4.79 Å². The van der Waals surface area contributed by atoms with Crippen LogP contribution in [0, 0.1) is 23.2 Å². The van der Waals surface area contributed by atoms with Crippen LogP contribution >= 0.6 is 0 Å². The number of rotatable bonds is 2. The second kappa shape index (κ2) is 2.70. The largest absolute Gasteiger partial charge is 0.481 e. The van der Waals surface area contributed by atoms with Gasteiger partial charge in [-0.1, -0.05) is 0 Å². The summed E-state index contributed by atoms with van der Waals surface area (Å²) in [5, 5.41) is 16.8. The first kappa shape index (κ1) is 7.07. The quantitative estimate of drug-likeness (QED) is 0.621. The number of hydrogen-bond donors (Lipinski definition) is 1. The maximum Gasteiger partial charge on any atom is 0.306 e. The molecular weight excluding hydrogens is 130 g/mol. The fourth-order valence-electron chi connectivity index (χ4n) is 1.26. The molecule has 1 saturated carbocycles. The summed E-state index contributed by atoms with van der Waals surface area (Å²) in [4.78, 5) is 10.4. The zero-order chi connectivity index (χ0) is 7.56. The number of aliphatic carboxylic acids is 1. The lowest BCUT2D eigenvalue weighted by molar-refractivity contribution is -0.147. The molecule has 0 amide bonds. The molecule has 54 valence electrons. The van der Waals surface area contributed by atoms with Crippen LogP contribution in [0.4, 0.5) is 0 Å². The SMILES string of the molecule is N#CC[C@H]1CC[C@@H]1C(=O)O. The molecule has 0 bridgehead atoms. The molecule has 10 heavy (non-hydrogen) atoms. The third kappa shape index (κ3) is 1.10. The van der Waals surface area contributed by atoms with Crippen molar-refractivity contribution in [3.8, 4) is 6.07 Å². The third-order valence-corrected chi connectivity index (χ3v) is 2.09. The zero-order valence-electron chi connectivity index (χ0n) is 5.58. The Morgan fingerprint density at radius 2 is 2.40 bits per heavy atom. The molecule has 0 aliphatic heterocycles. The van der Waals surface area contributed by atoms with Crippen molar-refractivity contribution in [2.45, 2.75) is 19.3 Å². The Morgan fingerprint density at radius 3 is 2.70 bits per heavy atom. The molecule has 0 unspecified atom stereocenters. The van der Waals surface area contributed by atoms with Crippen molar-refractivity contribution < 1.29 is 9.90 Å². The normalized spacial score (nSPS) is 30.3. The Morgan fingerprint density at radius 1 is 1.70 bits per heavy atom. The van der Waals surface area contributed by atoms with Gasteiger partial charge in [0.25, 0.3) is 0 Å². The molecule has 0 spiro atoms. The van der Waals surface area contributed by atoms with Crippen LogP contribution in [0.25, 0.3) is 0 Å². The van der Waals surface area contributed by atoms with E-state index in [2.05, 4.69) is 0 Å². The Bertz CT molecular complexity index is 183. The lowest BCUT2D eigenvalue weighted by atomic mass is 9.72. The van der Waals surface area contributed by atoms with Crippen LogP contribution in [0.2, 0.25) is 0 Å². The van der Waals surface area contributed by atoms with Crippen LogP contribution in [-0.2, 0) is 4.79 Å². The Hall–Kier alpha value is -1.04. The van der Waals surface area contributed by atoms with Gasteiger partial charge in [-0.25, -0.2) is 0 Å². The molecule has 0 aromatic rings. The molecule has 0 radical (unpaired) electrons. The smallest absolute Gasteiger partial charge is 0.306 e. The van der Waals surface area contributed by atoms with Gasteiger partial charge in [0, 0.05) is 6.42 Å². The molecule has 1 fully saturated rings. The number of hydrogen-bond acceptors (Lipinski definition) is 2. The van der Waals surface area contributed by atoms with E-state index >= 15 is 0 Å². The van der Waals surface area contributed by atoms with E-state index < -0.39 is 5.97 Å². The molecule has 0 saturated heterocycles. The fourth-order valence-corrected chi connectivity index (χ4v) is 1.26. The molecular formula is C7H9NO2. The number of carboxylic acid groups (broad SMARTS) is 1. The highest BCUT2D eigenvalue weighted by atomic mass is 16.4. The van der Waals surface area contributed by atoms with Crippen LogP contribution in [-0.4, -0.2) is 11.1 Å². The minimum absolute atomic E-state index is 0.127. The van der Waals surface area contributed by atoms with Crippen molar-refractivity contribution in [3.05, 3.63) is 0 Å². The first-order valence-electron chi connectivity index (χ1n) is 3.35. The molecule has 1 aliphatic carbocycles. The zero-order valence-corrected chi connectivity index (χ0v) is 5.58. The van der Waals surface area contributed by atoms with Crippen molar-refractivity contribution in [2.75, 3.05) is 0 Å². The van der Waals surface area contributed by atoms with Crippen LogP contribution < -0.4 is 0 Å². The summed E-state index contributed by atoms with van der Waals surface area (Å²) in [6, 6.07) is 1.99. The summed E-state index contributed by atoms with van der Waals surface area (Å²) in [6.45, 7) is 0. The molecule has 3 heteroatoms. The monoisotopic (exact) mass is 139 g/mol. The molecule has 0 aromatic heterocycles. The van der Waals surface area contributed by atoms with E-state index in [0.29, 0.717) is 6.42 Å². The minimum atomic E-state index is -0.744. The highest BCUT2D eigenvalue weighted by Gasteiger charge is 2.35. The maximum absolute atomic E-state index is 10.4. The van der Waals surface area contributed by atoms with Crippen molar-refractivity contribution in [2.24, 2.45) is 11.8 Å². The van der Waals surface area contributed by atoms with Gasteiger partial charge in [-0.15, -0.1) is 0 Å². The topological polar surface area (TPSA) is 61.1 Å². The Labute approximate surface area is 59.3 Å². The molecule has 2 atom stereocenters. The second-order valence-corrected chi connectivity index (χ2v) is 2.64. The van der Waals surface area contributed by atoms with Gasteiger partial charge in [-0.2, -0.15) is 5.26 Å². The van der Waals surface area contributed by atoms with Crippen LogP contribution in [0.3, 0.4) is 0 Å². The lowest BCUT2D eigenvalue weighted by Gasteiger charge is -2.31. The number of nitrogens with zero attached hydrogens (tertiary/aromatic N) is 1. The van der Waals surface area contributed by atoms with E-state index in [0.717, 1.165) is 12.8 Å². The van der Waals surface area contributed by atoms with Crippen LogP contribution in [0.5, 0.6) is 0 Å². The van der Waals surface area contributed by atoms with E-state index in [-0.39, 0.29) is 11.8 Å². The third-order valence-electron chi connectivity index (χ3n) is 2.09. The molecule has 1 rings (SSSR count). The van der Waals surface area contributed by atoms with Gasteiger partial charge in [-0.05, 0) is 18.8 Å². The van der Waals surface area contributed by atoms with E-state index in [4.69, 9.17) is 10.4 Å². The average Bonchev–Trinajstić information content (AvgIpc) is 1.78. The van der Waals surface area contributed by atoms with Crippen molar-refractivity contribution in [1.29, 1.82) is 5.26 Å². The Balaban J connectivity index is 2.37. The van der Waals surface area contributed by atoms with Gasteiger partial charge < -0.3 is 5.11 Å². The van der Waals surface area contributed by atoms with Gasteiger partial charge in [0.05, 0.1) is 12.0 Å². The average molecular weight is 139 g/mol. The van der Waals surface area contributed by atoms with Crippen LogP contribution in [0.15, 0.2) is 0 Å². The summed E-state index contributed by atoms with van der Waals surface area (Å²) in [7, 11) is 0. The van der Waals surface area contributed by atoms with Crippen LogP contribution in [0.1, 0.15) is 19.3 Å². The van der Waals surface area contributed by atoms with Crippen molar-refractivity contribution in [1.82, 2.24) is 0 Å². The molecule has 1 N–H and O–H groups in total. The first-order chi connectivity index (χ1) is 4.75.